The van der Waals surface area contributed by atoms with E-state index in [1.165, 1.54) is 16.7 Å². The van der Waals surface area contributed by atoms with Gasteiger partial charge in [0.05, 0.1) is 0 Å². The van der Waals surface area contributed by atoms with Gasteiger partial charge < -0.3 is 5.73 Å². The molecule has 2 rings (SSSR count). The molecule has 0 aliphatic heterocycles. The molecule has 0 spiro atoms. The Morgan fingerprint density at radius 3 is 2.25 bits per heavy atom. The fraction of sp³-hybridized carbons (Fsp3) is 0.294. The molecule has 2 N–H and O–H groups in total. The molecular weight excluding hydrogens is 289 g/mol. The normalized spacial score (nSPS) is 12.4. The van der Waals surface area contributed by atoms with E-state index in [0.717, 1.165) is 12.0 Å². The minimum absolute atomic E-state index is 0.230. The summed E-state index contributed by atoms with van der Waals surface area (Å²) >= 11 is 12.5. The summed E-state index contributed by atoms with van der Waals surface area (Å²) in [6.45, 7) is 4.80. The molecule has 0 heterocycles. The molecule has 1 unspecified atom stereocenters. The van der Waals surface area contributed by atoms with E-state index in [1.54, 1.807) is 0 Å². The number of nitrogens with two attached hydrogens (primary N) is 1. The zero-order chi connectivity index (χ0) is 14.7. The molecule has 0 fully saturated rings. The summed E-state index contributed by atoms with van der Waals surface area (Å²) in [4.78, 5) is 0. The fourth-order valence-electron chi connectivity index (χ4n) is 2.58. The van der Waals surface area contributed by atoms with E-state index in [9.17, 15) is 0 Å². The number of benzene rings is 2. The molecule has 0 saturated carbocycles. The molecule has 1 atom stereocenters. The summed E-state index contributed by atoms with van der Waals surface area (Å²) in [6.07, 6.45) is 0.763. The Labute approximate surface area is 130 Å². The van der Waals surface area contributed by atoms with Crippen molar-refractivity contribution in [3.63, 3.8) is 0 Å². The second-order valence-corrected chi connectivity index (χ2v) is 6.01. The van der Waals surface area contributed by atoms with Gasteiger partial charge in [-0.25, -0.2) is 0 Å². The third-order valence-corrected chi connectivity index (χ3v) is 4.37. The average Bonchev–Trinajstić information content (AvgIpc) is 2.40. The minimum atomic E-state index is 0.230. The van der Waals surface area contributed by atoms with Gasteiger partial charge in [0.15, 0.2) is 0 Å². The molecule has 0 amide bonds. The molecule has 1 nitrogen and oxygen atoms in total. The van der Waals surface area contributed by atoms with E-state index >= 15 is 0 Å². The Balaban J connectivity index is 2.34. The molecule has 0 saturated heterocycles. The number of rotatable bonds is 4. The molecule has 2 aromatic carbocycles. The zero-order valence-electron chi connectivity index (χ0n) is 11.8. The van der Waals surface area contributed by atoms with Crippen molar-refractivity contribution in [2.24, 2.45) is 5.73 Å². The van der Waals surface area contributed by atoms with Gasteiger partial charge in [-0.15, -0.1) is 0 Å². The van der Waals surface area contributed by atoms with Gasteiger partial charge in [0, 0.05) is 16.0 Å². The van der Waals surface area contributed by atoms with Crippen LogP contribution in [-0.4, -0.2) is 6.54 Å². The smallest absolute Gasteiger partial charge is 0.0453 e. The first-order valence-corrected chi connectivity index (χ1v) is 7.48. The molecule has 0 aliphatic carbocycles. The summed E-state index contributed by atoms with van der Waals surface area (Å²) in [5, 5.41) is 1.42. The molecule has 2 aromatic rings. The van der Waals surface area contributed by atoms with Gasteiger partial charge in [-0.1, -0.05) is 53.0 Å². The van der Waals surface area contributed by atoms with E-state index in [4.69, 9.17) is 28.9 Å². The first-order chi connectivity index (χ1) is 9.52. The third-order valence-electron chi connectivity index (χ3n) is 3.66. The van der Waals surface area contributed by atoms with Gasteiger partial charge in [0.1, 0.15) is 0 Å². The number of halogens is 2. The van der Waals surface area contributed by atoms with Gasteiger partial charge in [-0.2, -0.15) is 0 Å². The summed E-state index contributed by atoms with van der Waals surface area (Å²) in [6, 6.07) is 12.1. The number of hydrogen-bond donors (Lipinski definition) is 1. The first kappa shape index (κ1) is 15.4. The van der Waals surface area contributed by atoms with Crippen molar-refractivity contribution in [3.05, 3.63) is 68.7 Å². The standard InChI is InChI=1S/C17H19Cl2N/c1-11-6-7-14(12(2)8-11)13(10-20)9-15-16(18)4-3-5-17(15)19/h3-8,13H,9-10,20H2,1-2H3. The highest BCUT2D eigenvalue weighted by Gasteiger charge is 2.16. The molecule has 3 heteroatoms. The highest BCUT2D eigenvalue weighted by atomic mass is 35.5. The molecule has 0 bridgehead atoms. The van der Waals surface area contributed by atoms with E-state index in [0.29, 0.717) is 16.6 Å². The lowest BCUT2D eigenvalue weighted by Gasteiger charge is -2.19. The predicted molar refractivity (Wildman–Crippen MR) is 87.9 cm³/mol. The van der Waals surface area contributed by atoms with Crippen LogP contribution in [0.25, 0.3) is 0 Å². The topological polar surface area (TPSA) is 26.0 Å². The lowest BCUT2D eigenvalue weighted by atomic mass is 9.88. The van der Waals surface area contributed by atoms with Gasteiger partial charge in [0.2, 0.25) is 0 Å². The number of hydrogen-bond acceptors (Lipinski definition) is 1. The Morgan fingerprint density at radius 1 is 1.05 bits per heavy atom. The Morgan fingerprint density at radius 2 is 1.70 bits per heavy atom. The zero-order valence-corrected chi connectivity index (χ0v) is 13.3. The van der Waals surface area contributed by atoms with E-state index in [2.05, 4.69) is 32.0 Å². The summed E-state index contributed by atoms with van der Waals surface area (Å²) in [5.74, 6) is 0.230. The van der Waals surface area contributed by atoms with Crippen LogP contribution in [0.1, 0.15) is 28.2 Å². The maximum atomic E-state index is 6.26. The molecule has 106 valence electrons. The van der Waals surface area contributed by atoms with Crippen LogP contribution in [0.5, 0.6) is 0 Å². The lowest BCUT2D eigenvalue weighted by Crippen LogP contribution is -2.16. The monoisotopic (exact) mass is 307 g/mol. The van der Waals surface area contributed by atoms with Crippen LogP contribution < -0.4 is 5.73 Å². The molecule has 0 aliphatic rings. The van der Waals surface area contributed by atoms with Crippen molar-refractivity contribution in [2.45, 2.75) is 26.2 Å². The van der Waals surface area contributed by atoms with E-state index in [-0.39, 0.29) is 5.92 Å². The van der Waals surface area contributed by atoms with Crippen molar-refractivity contribution in [1.82, 2.24) is 0 Å². The first-order valence-electron chi connectivity index (χ1n) is 6.73. The third kappa shape index (κ3) is 3.35. The van der Waals surface area contributed by atoms with Crippen molar-refractivity contribution < 1.29 is 0 Å². The van der Waals surface area contributed by atoms with E-state index < -0.39 is 0 Å². The van der Waals surface area contributed by atoms with Crippen LogP contribution in [0.15, 0.2) is 36.4 Å². The lowest BCUT2D eigenvalue weighted by molar-refractivity contribution is 0.690. The van der Waals surface area contributed by atoms with Crippen LogP contribution in [0.4, 0.5) is 0 Å². The largest absolute Gasteiger partial charge is 0.330 e. The summed E-state index contributed by atoms with van der Waals surface area (Å²) in [7, 11) is 0. The van der Waals surface area contributed by atoms with Crippen molar-refractivity contribution in [3.8, 4) is 0 Å². The highest BCUT2D eigenvalue weighted by molar-refractivity contribution is 6.36. The minimum Gasteiger partial charge on any atom is -0.330 e. The van der Waals surface area contributed by atoms with Crippen LogP contribution in [0.3, 0.4) is 0 Å². The predicted octanol–water partition coefficient (Wildman–Crippen LogP) is 4.90. The van der Waals surface area contributed by atoms with Gasteiger partial charge in [0.25, 0.3) is 0 Å². The Hall–Kier alpha value is -1.02. The second-order valence-electron chi connectivity index (χ2n) is 5.20. The van der Waals surface area contributed by atoms with Gasteiger partial charge in [-0.3, -0.25) is 0 Å². The second kappa shape index (κ2) is 6.62. The van der Waals surface area contributed by atoms with Gasteiger partial charge >= 0.3 is 0 Å². The maximum Gasteiger partial charge on any atom is 0.0453 e. The molecule has 0 aromatic heterocycles. The summed E-state index contributed by atoms with van der Waals surface area (Å²) in [5.41, 5.74) is 10.8. The fourth-order valence-corrected chi connectivity index (χ4v) is 3.13. The van der Waals surface area contributed by atoms with Crippen LogP contribution >= 0.6 is 23.2 Å². The van der Waals surface area contributed by atoms with Crippen LogP contribution in [0, 0.1) is 13.8 Å². The molecule has 20 heavy (non-hydrogen) atoms. The Kier molecular flexibility index (Phi) is 5.09. The van der Waals surface area contributed by atoms with Crippen molar-refractivity contribution in [1.29, 1.82) is 0 Å². The van der Waals surface area contributed by atoms with Crippen molar-refractivity contribution >= 4 is 23.2 Å². The average molecular weight is 308 g/mol. The van der Waals surface area contributed by atoms with Crippen LogP contribution in [0.2, 0.25) is 10.0 Å². The summed E-state index contributed by atoms with van der Waals surface area (Å²) < 4.78 is 0. The number of aryl methyl sites for hydroxylation is 2. The SMILES string of the molecule is Cc1ccc(C(CN)Cc2c(Cl)cccc2Cl)c(C)c1. The van der Waals surface area contributed by atoms with E-state index in [1.807, 2.05) is 18.2 Å². The van der Waals surface area contributed by atoms with Crippen molar-refractivity contribution in [2.75, 3.05) is 6.54 Å². The Bertz CT molecular complexity index is 588. The van der Waals surface area contributed by atoms with Crippen LogP contribution in [-0.2, 0) is 6.42 Å². The highest BCUT2D eigenvalue weighted by Crippen LogP contribution is 2.31. The maximum absolute atomic E-state index is 6.26. The molecular formula is C17H19Cl2N. The quantitative estimate of drug-likeness (QED) is 0.854. The molecule has 0 radical (unpaired) electrons. The van der Waals surface area contributed by atoms with Gasteiger partial charge in [-0.05, 0) is 55.6 Å².